The molecule has 0 saturated carbocycles. The van der Waals surface area contributed by atoms with Crippen LogP contribution in [0.15, 0.2) is 72.1 Å². The van der Waals surface area contributed by atoms with Crippen molar-refractivity contribution in [1.29, 1.82) is 0 Å². The van der Waals surface area contributed by atoms with Gasteiger partial charge in [-0.05, 0) is 0 Å². The van der Waals surface area contributed by atoms with Crippen LogP contribution >= 0.6 is 7.79 Å². The topological polar surface area (TPSA) is 64.0 Å². The fraction of sp³-hybridized carbons (Fsp3) is 0.318. The molecule has 0 unspecified atom stereocenters. The number of benzene rings is 2. The molecule has 0 aliphatic carbocycles. The molecule has 2 N–H and O–H groups in total. The summed E-state index contributed by atoms with van der Waals surface area (Å²) in [7, 11) is -3.48. The molecule has 2 aromatic carbocycles. The molecule has 1 aliphatic heterocycles. The maximum absolute atomic E-state index is 12.2. The fourth-order valence-electron chi connectivity index (χ4n) is 3.79. The summed E-state index contributed by atoms with van der Waals surface area (Å²) < 4.78 is 4.06. The molecule has 6 heteroatoms. The van der Waals surface area contributed by atoms with Crippen LogP contribution in [0.3, 0.4) is 0 Å². The van der Waals surface area contributed by atoms with Gasteiger partial charge in [-0.2, -0.15) is 0 Å². The third-order valence-electron chi connectivity index (χ3n) is 4.82. The van der Waals surface area contributed by atoms with E-state index < -0.39 is 13.8 Å². The monoisotopic (exact) mass is 400 g/mol. The average molecular weight is 400 g/mol. The maximum atomic E-state index is 12.2. The Hall–Kier alpha value is -2.36. The van der Waals surface area contributed by atoms with Gasteiger partial charge in [0.25, 0.3) is 0 Å². The van der Waals surface area contributed by atoms with Crippen LogP contribution in [0.2, 0.25) is 0 Å². The molecule has 0 atom stereocenters. The van der Waals surface area contributed by atoms with E-state index in [1.54, 1.807) is 0 Å². The van der Waals surface area contributed by atoms with Crippen molar-refractivity contribution in [3.8, 4) is 0 Å². The van der Waals surface area contributed by atoms with Crippen LogP contribution < -0.4 is 9.34 Å². The molecule has 1 aliphatic rings. The van der Waals surface area contributed by atoms with Gasteiger partial charge in [0.15, 0.2) is 0 Å². The summed E-state index contributed by atoms with van der Waals surface area (Å²) in [6, 6.07) is 19.6. The summed E-state index contributed by atoms with van der Waals surface area (Å²) in [4.78, 5) is 24.0. The van der Waals surface area contributed by atoms with E-state index in [-0.39, 0.29) is 11.8 Å². The summed E-state index contributed by atoms with van der Waals surface area (Å²) >= 11 is 0. The Morgan fingerprint density at radius 1 is 0.964 bits per heavy atom. The second kappa shape index (κ2) is 7.94. The van der Waals surface area contributed by atoms with Crippen molar-refractivity contribution in [3.05, 3.63) is 72.1 Å². The molecule has 150 valence electrons. The zero-order valence-corrected chi connectivity index (χ0v) is 17.7. The molecule has 0 radical (unpaired) electrons. The quantitative estimate of drug-likeness (QED) is 0.699. The van der Waals surface area contributed by atoms with Gasteiger partial charge in [0.05, 0.1) is 0 Å². The number of aliphatic carboxylic acids is 1. The van der Waals surface area contributed by atoms with E-state index in [2.05, 4.69) is 0 Å². The van der Waals surface area contributed by atoms with Gasteiger partial charge in [0.2, 0.25) is 0 Å². The van der Waals surface area contributed by atoms with Crippen molar-refractivity contribution in [2.45, 2.75) is 27.2 Å². The molecule has 2 aromatic rings. The predicted octanol–water partition coefficient (Wildman–Crippen LogP) is 4.91. The summed E-state index contributed by atoms with van der Waals surface area (Å²) in [5, 5.41) is 10.2. The molecule has 5 nitrogen and oxygen atoms in total. The van der Waals surface area contributed by atoms with Crippen LogP contribution in [0.25, 0.3) is 0 Å². The molecule has 3 rings (SSSR count). The Bertz CT molecular complexity index is 800. The van der Waals surface area contributed by atoms with Gasteiger partial charge in [-0.15, -0.1) is 0 Å². The standard InChI is InChI=1S/C22H29N2O3P/c1-22(2,3)17-20(16-21(25)26)28(27)23(18-10-6-4-7-11-18)14-15-24(28)19-12-8-5-9-13-19/h4-13,17,27-28H,14-16H2,1-3H3,(H,25,26)/b20-17+. The molecule has 0 spiro atoms. The summed E-state index contributed by atoms with van der Waals surface area (Å²) in [5.74, 6) is -0.927. The first-order chi connectivity index (χ1) is 13.2. The molecule has 1 heterocycles. The van der Waals surface area contributed by atoms with Gasteiger partial charge in [-0.25, -0.2) is 0 Å². The number of anilines is 2. The molecule has 1 saturated heterocycles. The number of hydrogen-bond donors (Lipinski definition) is 2. The van der Waals surface area contributed by atoms with E-state index in [1.165, 1.54) is 0 Å². The second-order valence-corrected chi connectivity index (χ2v) is 11.2. The van der Waals surface area contributed by atoms with Gasteiger partial charge in [-0.3, -0.25) is 0 Å². The van der Waals surface area contributed by atoms with E-state index in [9.17, 15) is 14.8 Å². The van der Waals surface area contributed by atoms with Gasteiger partial charge in [0.1, 0.15) is 0 Å². The van der Waals surface area contributed by atoms with E-state index in [4.69, 9.17) is 0 Å². The number of rotatable bonds is 5. The average Bonchev–Trinajstić information content (AvgIpc) is 2.99. The zero-order chi connectivity index (χ0) is 20.4. The minimum absolute atomic E-state index is 0.174. The van der Waals surface area contributed by atoms with Crippen LogP contribution in [-0.4, -0.2) is 29.1 Å². The number of allylic oxidation sites excluding steroid dienone is 1. The van der Waals surface area contributed by atoms with Crippen molar-refractivity contribution in [1.82, 2.24) is 0 Å². The normalized spacial score (nSPS) is 18.2. The van der Waals surface area contributed by atoms with Gasteiger partial charge in [-0.1, -0.05) is 0 Å². The minimum atomic E-state index is -3.48. The first-order valence-electron chi connectivity index (χ1n) is 9.53. The Morgan fingerprint density at radius 3 is 1.75 bits per heavy atom. The van der Waals surface area contributed by atoms with E-state index >= 15 is 0 Å². The summed E-state index contributed by atoms with van der Waals surface area (Å²) in [5.41, 5.74) is 1.58. The SMILES string of the molecule is CC(C)(C)/C=C(\CC(=O)O)[PH]1(O)N(c2ccccc2)CCN1c1ccccc1. The van der Waals surface area contributed by atoms with Crippen molar-refractivity contribution >= 4 is 25.1 Å². The Morgan fingerprint density at radius 2 is 1.39 bits per heavy atom. The Balaban J connectivity index is 2.18. The van der Waals surface area contributed by atoms with Crippen LogP contribution in [0, 0.1) is 5.41 Å². The van der Waals surface area contributed by atoms with Crippen LogP contribution in [-0.2, 0) is 4.79 Å². The third kappa shape index (κ3) is 4.21. The summed E-state index contributed by atoms with van der Waals surface area (Å²) in [6.45, 7) is 7.37. The van der Waals surface area contributed by atoms with Crippen molar-refractivity contribution in [2.75, 3.05) is 22.4 Å². The van der Waals surface area contributed by atoms with Gasteiger partial charge in [0, 0.05) is 0 Å². The van der Waals surface area contributed by atoms with Crippen molar-refractivity contribution < 1.29 is 14.8 Å². The number of nitrogens with zero attached hydrogens (tertiary/aromatic N) is 2. The van der Waals surface area contributed by atoms with Crippen LogP contribution in [0.4, 0.5) is 11.4 Å². The molecule has 28 heavy (non-hydrogen) atoms. The number of carboxylic acid groups (broad SMARTS) is 1. The van der Waals surface area contributed by atoms with Crippen LogP contribution in [0.5, 0.6) is 0 Å². The fourth-order valence-corrected chi connectivity index (χ4v) is 7.63. The van der Waals surface area contributed by atoms with E-state index in [0.717, 1.165) is 11.4 Å². The first-order valence-corrected chi connectivity index (χ1v) is 11.4. The Kier molecular flexibility index (Phi) is 5.78. The molecule has 0 bridgehead atoms. The predicted molar refractivity (Wildman–Crippen MR) is 118 cm³/mol. The molecule has 1 fully saturated rings. The second-order valence-electron chi connectivity index (χ2n) is 8.22. The molecular formula is C22H29N2O3P. The van der Waals surface area contributed by atoms with Gasteiger partial charge < -0.3 is 0 Å². The van der Waals surface area contributed by atoms with Crippen LogP contribution in [0.1, 0.15) is 27.2 Å². The Labute approximate surface area is 167 Å². The first kappa shape index (κ1) is 20.4. The molecule has 0 aromatic heterocycles. The number of carboxylic acids is 1. The zero-order valence-electron chi connectivity index (χ0n) is 16.7. The van der Waals surface area contributed by atoms with Gasteiger partial charge >= 0.3 is 167 Å². The van der Waals surface area contributed by atoms with E-state index in [0.29, 0.717) is 18.4 Å². The van der Waals surface area contributed by atoms with Crippen molar-refractivity contribution in [2.24, 2.45) is 5.41 Å². The van der Waals surface area contributed by atoms with Crippen molar-refractivity contribution in [3.63, 3.8) is 0 Å². The number of para-hydroxylation sites is 2. The molecule has 0 amide bonds. The third-order valence-corrected chi connectivity index (χ3v) is 8.47. The molecular weight excluding hydrogens is 371 g/mol. The number of carbonyl (C=O) groups is 1. The van der Waals surface area contributed by atoms with E-state index in [1.807, 2.05) is 96.9 Å². The summed E-state index contributed by atoms with van der Waals surface area (Å²) in [6.07, 6.45) is 1.78. The number of hydrogen-bond acceptors (Lipinski definition) is 4.